The van der Waals surface area contributed by atoms with Gasteiger partial charge in [-0.05, 0) is 66.3 Å². The summed E-state index contributed by atoms with van der Waals surface area (Å²) in [4.78, 5) is 29.7. The Morgan fingerprint density at radius 1 is 0.919 bits per heavy atom. The third-order valence-electron chi connectivity index (χ3n) is 7.26. The van der Waals surface area contributed by atoms with Gasteiger partial charge in [-0.25, -0.2) is 0 Å². The summed E-state index contributed by atoms with van der Waals surface area (Å²) in [6.07, 6.45) is 4.27. The first-order valence-electron chi connectivity index (χ1n) is 12.9. The Morgan fingerprint density at radius 2 is 1.70 bits per heavy atom. The smallest absolute Gasteiger partial charge is 0.227 e. The van der Waals surface area contributed by atoms with Gasteiger partial charge in [0.2, 0.25) is 5.91 Å². The van der Waals surface area contributed by atoms with Crippen LogP contribution in [0.5, 0.6) is 0 Å². The standard InChI is InChI=1S/C31H30Cl2N2O2/c1-2-3-4-12-29(37)35-27-11-6-5-10-25(27)34-26-18-22(20-13-15-23(32)16-14-20)19-28(36)30(26)31(35)21-8-7-9-24(33)17-21/h5-11,13-17,22,31,34H,2-4,12,18-19H2,1H3/t22-,31+/m0/s1. The van der Waals surface area contributed by atoms with Crippen LogP contribution in [0.1, 0.15) is 68.5 Å². The third kappa shape index (κ3) is 5.32. The first kappa shape index (κ1) is 25.6. The van der Waals surface area contributed by atoms with Gasteiger partial charge in [-0.3, -0.25) is 14.5 Å². The Kier molecular flexibility index (Phi) is 7.68. The van der Waals surface area contributed by atoms with Crippen LogP contribution in [0, 0.1) is 0 Å². The summed E-state index contributed by atoms with van der Waals surface area (Å²) < 4.78 is 0. The van der Waals surface area contributed by atoms with Crippen LogP contribution in [0.25, 0.3) is 0 Å². The topological polar surface area (TPSA) is 49.4 Å². The Morgan fingerprint density at radius 3 is 2.46 bits per heavy atom. The molecule has 0 bridgehead atoms. The first-order chi connectivity index (χ1) is 18.0. The highest BCUT2D eigenvalue weighted by Gasteiger charge is 2.41. The van der Waals surface area contributed by atoms with E-state index in [4.69, 9.17) is 23.2 Å². The predicted molar refractivity (Wildman–Crippen MR) is 151 cm³/mol. The lowest BCUT2D eigenvalue weighted by Crippen LogP contribution is -2.38. The van der Waals surface area contributed by atoms with E-state index < -0.39 is 6.04 Å². The largest absolute Gasteiger partial charge is 0.357 e. The molecule has 0 saturated carbocycles. The molecule has 3 aromatic rings. The van der Waals surface area contributed by atoms with E-state index in [1.54, 1.807) is 0 Å². The number of unbranched alkanes of at least 4 members (excludes halogenated alkanes) is 2. The van der Waals surface area contributed by atoms with E-state index in [0.717, 1.165) is 47.5 Å². The molecule has 190 valence electrons. The number of halogens is 2. The highest BCUT2D eigenvalue weighted by atomic mass is 35.5. The molecule has 0 unspecified atom stereocenters. The summed E-state index contributed by atoms with van der Waals surface area (Å²) in [7, 11) is 0. The number of Topliss-reactive ketones (excluding diaryl/α,β-unsaturated/α-hetero) is 1. The van der Waals surface area contributed by atoms with E-state index in [-0.39, 0.29) is 17.6 Å². The Bertz CT molecular complexity index is 1350. The number of anilines is 2. The average molecular weight is 533 g/mol. The van der Waals surface area contributed by atoms with Crippen LogP contribution in [0.4, 0.5) is 11.4 Å². The number of nitrogens with one attached hydrogen (secondary N) is 1. The summed E-state index contributed by atoms with van der Waals surface area (Å²) in [5, 5.41) is 4.82. The molecule has 0 aromatic heterocycles. The number of allylic oxidation sites excluding steroid dienone is 1. The lowest BCUT2D eigenvalue weighted by Gasteiger charge is -2.35. The minimum Gasteiger partial charge on any atom is -0.357 e. The highest BCUT2D eigenvalue weighted by Crippen LogP contribution is 2.48. The minimum atomic E-state index is -0.558. The van der Waals surface area contributed by atoms with Crippen molar-refractivity contribution in [2.24, 2.45) is 0 Å². The number of carbonyl (C=O) groups is 2. The Labute approximate surface area is 228 Å². The summed E-state index contributed by atoms with van der Waals surface area (Å²) >= 11 is 12.6. The van der Waals surface area contributed by atoms with Crippen LogP contribution < -0.4 is 10.2 Å². The van der Waals surface area contributed by atoms with E-state index in [0.29, 0.717) is 34.9 Å². The number of hydrogen-bond acceptors (Lipinski definition) is 3. The molecule has 2 atom stereocenters. The average Bonchev–Trinajstić information content (AvgIpc) is 3.04. The molecule has 3 aromatic carbocycles. The van der Waals surface area contributed by atoms with Crippen LogP contribution >= 0.6 is 23.2 Å². The van der Waals surface area contributed by atoms with Gasteiger partial charge in [0.1, 0.15) is 0 Å². The molecule has 2 aliphatic rings. The lowest BCUT2D eigenvalue weighted by molar-refractivity contribution is -0.119. The second-order valence-electron chi connectivity index (χ2n) is 9.79. The quantitative estimate of drug-likeness (QED) is 0.323. The summed E-state index contributed by atoms with van der Waals surface area (Å²) in [5.41, 5.74) is 5.02. The number of rotatable bonds is 6. The van der Waals surface area contributed by atoms with Crippen molar-refractivity contribution in [1.82, 2.24) is 0 Å². The number of benzene rings is 3. The lowest BCUT2D eigenvalue weighted by atomic mass is 9.78. The first-order valence-corrected chi connectivity index (χ1v) is 13.7. The zero-order valence-electron chi connectivity index (χ0n) is 20.8. The maximum absolute atomic E-state index is 14.0. The van der Waals surface area contributed by atoms with Gasteiger partial charge in [0, 0.05) is 34.2 Å². The molecule has 1 heterocycles. The summed E-state index contributed by atoms with van der Waals surface area (Å²) in [6.45, 7) is 2.12. The Balaban J connectivity index is 1.66. The fourth-order valence-corrected chi connectivity index (χ4v) is 5.80. The molecule has 1 N–H and O–H groups in total. The monoisotopic (exact) mass is 532 g/mol. The minimum absolute atomic E-state index is 0.00838. The van der Waals surface area contributed by atoms with Crippen molar-refractivity contribution in [2.45, 2.75) is 57.4 Å². The molecule has 0 fully saturated rings. The molecule has 5 rings (SSSR count). The number of carbonyl (C=O) groups excluding carboxylic acids is 2. The zero-order valence-corrected chi connectivity index (χ0v) is 22.4. The van der Waals surface area contributed by atoms with Crippen molar-refractivity contribution in [3.05, 3.63) is 105 Å². The molecule has 0 saturated heterocycles. The van der Waals surface area contributed by atoms with Crippen LogP contribution in [-0.2, 0) is 9.59 Å². The maximum atomic E-state index is 14.0. The van der Waals surface area contributed by atoms with Gasteiger partial charge in [0.15, 0.2) is 5.78 Å². The number of ketones is 1. The number of amides is 1. The van der Waals surface area contributed by atoms with Crippen molar-refractivity contribution in [2.75, 3.05) is 10.2 Å². The van der Waals surface area contributed by atoms with Gasteiger partial charge in [0.05, 0.1) is 17.4 Å². The normalized spacial score (nSPS) is 19.1. The number of nitrogens with zero attached hydrogens (tertiary/aromatic N) is 1. The van der Waals surface area contributed by atoms with E-state index >= 15 is 0 Å². The fraction of sp³-hybridized carbons (Fsp3) is 0.290. The third-order valence-corrected chi connectivity index (χ3v) is 7.74. The van der Waals surface area contributed by atoms with Gasteiger partial charge in [-0.1, -0.05) is 79.4 Å². The molecule has 1 amide bonds. The fourth-order valence-electron chi connectivity index (χ4n) is 5.47. The van der Waals surface area contributed by atoms with Crippen LogP contribution in [0.15, 0.2) is 84.1 Å². The molecular formula is C31H30Cl2N2O2. The molecule has 0 radical (unpaired) electrons. The molecule has 1 aliphatic carbocycles. The van der Waals surface area contributed by atoms with Gasteiger partial charge in [-0.2, -0.15) is 0 Å². The summed E-state index contributed by atoms with van der Waals surface area (Å²) in [5.74, 6) is 0.0712. The maximum Gasteiger partial charge on any atom is 0.227 e. The van der Waals surface area contributed by atoms with Crippen molar-refractivity contribution >= 4 is 46.3 Å². The number of para-hydroxylation sites is 2. The number of fused-ring (bicyclic) bond motifs is 1. The van der Waals surface area contributed by atoms with Gasteiger partial charge in [-0.15, -0.1) is 0 Å². The molecule has 6 heteroatoms. The predicted octanol–water partition coefficient (Wildman–Crippen LogP) is 8.47. The van der Waals surface area contributed by atoms with Gasteiger partial charge < -0.3 is 5.32 Å². The second kappa shape index (κ2) is 11.1. The van der Waals surface area contributed by atoms with Gasteiger partial charge in [0.25, 0.3) is 0 Å². The van der Waals surface area contributed by atoms with E-state index in [1.165, 1.54) is 0 Å². The molecule has 0 spiro atoms. The van der Waals surface area contributed by atoms with Crippen molar-refractivity contribution < 1.29 is 9.59 Å². The second-order valence-corrected chi connectivity index (χ2v) is 10.7. The van der Waals surface area contributed by atoms with Crippen LogP contribution in [0.2, 0.25) is 10.0 Å². The van der Waals surface area contributed by atoms with Crippen molar-refractivity contribution in [1.29, 1.82) is 0 Å². The Hall–Kier alpha value is -3.08. The SMILES string of the molecule is CCCCCC(=O)N1c2ccccc2NC2=C(C(=O)C[C@@H](c3ccc(Cl)cc3)C2)[C@H]1c1cccc(Cl)c1. The molecule has 37 heavy (non-hydrogen) atoms. The summed E-state index contributed by atoms with van der Waals surface area (Å²) in [6, 6.07) is 22.5. The van der Waals surface area contributed by atoms with Crippen molar-refractivity contribution in [3.63, 3.8) is 0 Å². The van der Waals surface area contributed by atoms with Crippen LogP contribution in [-0.4, -0.2) is 11.7 Å². The van der Waals surface area contributed by atoms with Gasteiger partial charge >= 0.3 is 0 Å². The van der Waals surface area contributed by atoms with Crippen molar-refractivity contribution in [3.8, 4) is 0 Å². The molecular weight excluding hydrogens is 503 g/mol. The van der Waals surface area contributed by atoms with E-state index in [2.05, 4.69) is 12.2 Å². The molecule has 4 nitrogen and oxygen atoms in total. The van der Waals surface area contributed by atoms with E-state index in [9.17, 15) is 9.59 Å². The number of hydrogen-bond donors (Lipinski definition) is 1. The molecule has 1 aliphatic heterocycles. The van der Waals surface area contributed by atoms with E-state index in [1.807, 2.05) is 77.7 Å². The highest BCUT2D eigenvalue weighted by molar-refractivity contribution is 6.31. The zero-order chi connectivity index (χ0) is 25.9. The van der Waals surface area contributed by atoms with Crippen LogP contribution in [0.3, 0.4) is 0 Å².